The third-order valence-corrected chi connectivity index (χ3v) is 17.5. The molecule has 0 bridgehead atoms. The Balaban J connectivity index is 0.974. The number of aliphatic hydroxyl groups excluding tert-OH is 1. The van der Waals surface area contributed by atoms with Gasteiger partial charge in [0.25, 0.3) is 15.9 Å². The number of aliphatic carboxylic acids is 1. The van der Waals surface area contributed by atoms with Crippen LogP contribution in [0.2, 0.25) is 5.02 Å². The number of piperidine rings is 1. The number of esters is 1. The number of carbonyl (C=O) groups is 3. The lowest BCUT2D eigenvalue weighted by molar-refractivity contribution is -0.146. The molecule has 73 heavy (non-hydrogen) atoms. The number of hydrogen-bond donors (Lipinski definition) is 4. The van der Waals surface area contributed by atoms with Crippen molar-refractivity contribution < 1.29 is 46.2 Å². The summed E-state index contributed by atoms with van der Waals surface area (Å²) in [7, 11) is -5.24. The predicted molar refractivity (Wildman–Crippen MR) is 287 cm³/mol. The fourth-order valence-corrected chi connectivity index (χ4v) is 12.7. The quantitative estimate of drug-likeness (QED) is 0.0360. The van der Waals surface area contributed by atoms with Crippen molar-refractivity contribution in [3.63, 3.8) is 0 Å². The summed E-state index contributed by atoms with van der Waals surface area (Å²) in [6, 6.07) is 34.6. The number of nitrogens with zero attached hydrogens (tertiary/aromatic N) is 3. The van der Waals surface area contributed by atoms with Crippen molar-refractivity contribution in [2.24, 2.45) is 5.92 Å². The van der Waals surface area contributed by atoms with Crippen LogP contribution in [0.15, 0.2) is 136 Å². The normalized spacial score (nSPS) is 17.0. The van der Waals surface area contributed by atoms with Gasteiger partial charge in [0, 0.05) is 71.3 Å². The van der Waals surface area contributed by atoms with Gasteiger partial charge in [-0.1, -0.05) is 66.2 Å². The van der Waals surface area contributed by atoms with Crippen LogP contribution in [0.4, 0.5) is 11.4 Å². The molecule has 2 fully saturated rings. The molecule has 2 aliphatic heterocycles. The topological polar surface area (TPSA) is 203 Å². The van der Waals surface area contributed by atoms with E-state index < -0.39 is 54.7 Å². The Bertz CT molecular complexity index is 2900. The number of thioether (sulfide) groups is 1. The summed E-state index contributed by atoms with van der Waals surface area (Å²) in [5.41, 5.74) is 3.97. The molecule has 2 aliphatic rings. The fraction of sp³-hybridized carbons (Fsp3) is 0.389. The zero-order chi connectivity index (χ0) is 52.3. The van der Waals surface area contributed by atoms with E-state index in [0.717, 1.165) is 71.8 Å². The molecule has 15 nitrogen and oxygen atoms in total. The maximum absolute atomic E-state index is 13.8. The lowest BCUT2D eigenvalue weighted by atomic mass is 9.84. The summed E-state index contributed by atoms with van der Waals surface area (Å²) in [5, 5.41) is 25.1. The number of hydrogen-bond acceptors (Lipinski definition) is 14. The van der Waals surface area contributed by atoms with Crippen LogP contribution in [0, 0.1) is 5.92 Å². The number of carbonyl (C=O) groups excluding carboxylic acids is 2. The van der Waals surface area contributed by atoms with Crippen LogP contribution in [-0.2, 0) is 34.2 Å². The first kappa shape index (κ1) is 55.3. The zero-order valence-electron chi connectivity index (χ0n) is 41.2. The van der Waals surface area contributed by atoms with E-state index in [1.807, 2.05) is 78.9 Å². The van der Waals surface area contributed by atoms with Crippen LogP contribution >= 0.6 is 23.4 Å². The van der Waals surface area contributed by atoms with Gasteiger partial charge in [-0.05, 0) is 149 Å². The second-order valence-electron chi connectivity index (χ2n) is 18.9. The van der Waals surface area contributed by atoms with Gasteiger partial charge < -0.3 is 25.2 Å². The van der Waals surface area contributed by atoms with Crippen molar-refractivity contribution in [3.8, 4) is 11.1 Å². The lowest BCUT2D eigenvalue weighted by Gasteiger charge is -2.36. The number of anilines is 2. The van der Waals surface area contributed by atoms with Gasteiger partial charge in [-0.15, -0.1) is 11.8 Å². The van der Waals surface area contributed by atoms with E-state index in [-0.39, 0.29) is 53.6 Å². The number of amides is 1. The average molecular weight is 1070 g/mol. The minimum Gasteiger partial charge on any atom is -0.480 e. The molecule has 0 aromatic heterocycles. The van der Waals surface area contributed by atoms with E-state index >= 15 is 0 Å². The molecule has 2 saturated heterocycles. The Kier molecular flexibility index (Phi) is 19.1. The highest BCUT2D eigenvalue weighted by Crippen LogP contribution is 2.38. The Labute approximate surface area is 438 Å². The molecule has 5 aromatic carbocycles. The zero-order valence-corrected chi connectivity index (χ0v) is 44.4. The molecule has 2 heterocycles. The van der Waals surface area contributed by atoms with E-state index in [1.165, 1.54) is 12.1 Å². The second-order valence-corrected chi connectivity index (χ2v) is 24.1. The number of carboxylic acid groups (broad SMARTS) is 1. The monoisotopic (exact) mass is 1070 g/mol. The highest BCUT2D eigenvalue weighted by Gasteiger charge is 2.31. The number of carboxylic acids is 1. The van der Waals surface area contributed by atoms with Crippen molar-refractivity contribution in [2.45, 2.75) is 83.9 Å². The third kappa shape index (κ3) is 15.1. The summed E-state index contributed by atoms with van der Waals surface area (Å²) in [5.74, 6) is -1.78. The van der Waals surface area contributed by atoms with Crippen LogP contribution in [-0.4, -0.2) is 132 Å². The number of sulfone groups is 1. The van der Waals surface area contributed by atoms with E-state index in [4.69, 9.17) is 16.3 Å². The van der Waals surface area contributed by atoms with E-state index in [0.29, 0.717) is 36.8 Å². The summed E-state index contributed by atoms with van der Waals surface area (Å²) in [6.07, 6.45) is 4.26. The second kappa shape index (κ2) is 25.2. The van der Waals surface area contributed by atoms with Gasteiger partial charge in [0.1, 0.15) is 12.6 Å². The third-order valence-electron chi connectivity index (χ3n) is 13.6. The summed E-state index contributed by atoms with van der Waals surface area (Å²) in [6.45, 7) is 2.71. The van der Waals surface area contributed by atoms with Gasteiger partial charge in [-0.25, -0.2) is 21.6 Å². The number of aliphatic hydroxyl groups is 1. The number of ether oxygens (including phenoxy) is 1. The molecule has 7 rings (SSSR count). The molecule has 4 atom stereocenters. The van der Waals surface area contributed by atoms with Crippen molar-refractivity contribution in [2.75, 3.05) is 69.1 Å². The molecule has 5 aromatic rings. The molecule has 390 valence electrons. The van der Waals surface area contributed by atoms with Crippen LogP contribution in [0.5, 0.6) is 0 Å². The number of benzene rings is 5. The molecule has 1 amide bonds. The average Bonchev–Trinajstić information content (AvgIpc) is 3.81. The first-order chi connectivity index (χ1) is 34.9. The van der Waals surface area contributed by atoms with E-state index in [1.54, 1.807) is 55.0 Å². The number of nitrogens with one attached hydrogen (secondary N) is 2. The molecular weight excluding hydrogens is 1010 g/mol. The molecule has 0 aliphatic carbocycles. The van der Waals surface area contributed by atoms with Crippen LogP contribution in [0.3, 0.4) is 0 Å². The SMILES string of the molecule is CN(C)[C@@H](CCC(=O)OCCN1CCC[C@H]1C[C@H](CSc1ccccc1)Nc1ccc(S(=O)(=O)NC(=O)c2ccc(N3CCC([C@@H](O)c4ccccc4-c4ccc(Cl)cc4)CC3)cc2)cc1S(C)(=O)=O)C(=O)O. The predicted octanol–water partition coefficient (Wildman–Crippen LogP) is 8.24. The van der Waals surface area contributed by atoms with Gasteiger partial charge in [-0.2, -0.15) is 0 Å². The maximum Gasteiger partial charge on any atom is 0.320 e. The van der Waals surface area contributed by atoms with E-state index in [2.05, 4.69) is 19.8 Å². The van der Waals surface area contributed by atoms with Gasteiger partial charge in [-0.3, -0.25) is 24.2 Å². The van der Waals surface area contributed by atoms with Crippen LogP contribution in [0.25, 0.3) is 11.1 Å². The van der Waals surface area contributed by atoms with Crippen LogP contribution < -0.4 is 14.9 Å². The number of rotatable bonds is 23. The largest absolute Gasteiger partial charge is 0.480 e. The number of sulfonamides is 1. The van der Waals surface area contributed by atoms with E-state index in [9.17, 15) is 41.4 Å². The number of likely N-dealkylation sites (tertiary alicyclic amines) is 1. The molecule has 19 heteroatoms. The maximum atomic E-state index is 13.8. The summed E-state index contributed by atoms with van der Waals surface area (Å²) in [4.78, 5) is 43.9. The first-order valence-corrected chi connectivity index (χ1v) is 29.1. The number of halogens is 1. The number of likely N-dealkylation sites (N-methyl/N-ethyl adjacent to an activating group) is 1. The van der Waals surface area contributed by atoms with Gasteiger partial charge in [0.2, 0.25) is 0 Å². The molecule has 0 saturated carbocycles. The molecule has 0 unspecified atom stereocenters. The minimum absolute atomic E-state index is 0.0242. The highest BCUT2D eigenvalue weighted by atomic mass is 35.5. The van der Waals surface area contributed by atoms with Gasteiger partial charge in [0.05, 0.1) is 21.6 Å². The summed E-state index contributed by atoms with van der Waals surface area (Å²) < 4.78 is 61.9. The molecule has 4 N–H and O–H groups in total. The Morgan fingerprint density at radius 1 is 0.863 bits per heavy atom. The fourth-order valence-electron chi connectivity index (χ4n) is 9.63. The Morgan fingerprint density at radius 2 is 1.55 bits per heavy atom. The van der Waals surface area contributed by atoms with Crippen LogP contribution in [0.1, 0.15) is 67.0 Å². The van der Waals surface area contributed by atoms with Crippen molar-refractivity contribution in [1.29, 1.82) is 0 Å². The van der Waals surface area contributed by atoms with Gasteiger partial charge in [0.15, 0.2) is 9.84 Å². The standard InChI is InChI=1S/C54H64ClN5O10S3/c1-58(2)49(54(64)65)25-26-51(61)70-33-32-59-29-9-10-43(59)34-41(36-71-44-11-5-4-6-12-44)56-48-24-23-45(35-50(48)72(3,66)67)73(68,69)57-53(63)39-17-21-42(22-18-39)60-30-27-38(28-31-60)52(62)47-14-8-7-13-46(47)37-15-19-40(55)20-16-37/h4-8,11-24,35,38,41,43,49,52,56,62H,9-10,25-34,36H2,1-3H3,(H,57,63)(H,64,65)/t41-,43+,49+,52-/m1/s1. The molecule has 0 spiro atoms. The van der Waals surface area contributed by atoms with Crippen molar-refractivity contribution >= 4 is 72.4 Å². The highest BCUT2D eigenvalue weighted by molar-refractivity contribution is 7.99. The Morgan fingerprint density at radius 3 is 2.22 bits per heavy atom. The molecular formula is C54H64ClN5O10S3. The van der Waals surface area contributed by atoms with Crippen molar-refractivity contribution in [3.05, 3.63) is 137 Å². The lowest BCUT2D eigenvalue weighted by Crippen LogP contribution is -2.38. The van der Waals surface area contributed by atoms with Crippen molar-refractivity contribution in [1.82, 2.24) is 14.5 Å². The van der Waals surface area contributed by atoms with Gasteiger partial charge >= 0.3 is 11.9 Å². The summed E-state index contributed by atoms with van der Waals surface area (Å²) >= 11 is 7.73. The Hall–Kier alpha value is -5.47. The minimum atomic E-state index is -4.54. The first-order valence-electron chi connectivity index (χ1n) is 24.4. The smallest absolute Gasteiger partial charge is 0.320 e. The molecule has 0 radical (unpaired) electrons.